The molecule has 5 nitrogen and oxygen atoms in total. The van der Waals surface area contributed by atoms with Gasteiger partial charge >= 0.3 is 0 Å². The molecule has 0 aliphatic rings. The molecule has 0 aliphatic carbocycles. The lowest BCUT2D eigenvalue weighted by molar-refractivity contribution is 0.0935. The van der Waals surface area contributed by atoms with Gasteiger partial charge in [0.15, 0.2) is 5.69 Å². The van der Waals surface area contributed by atoms with E-state index >= 15 is 0 Å². The molecule has 1 aromatic carbocycles. The highest BCUT2D eigenvalue weighted by molar-refractivity contribution is 7.16. The number of benzene rings is 1. The number of hydrogen-bond acceptors (Lipinski definition) is 4. The van der Waals surface area contributed by atoms with Gasteiger partial charge in [0.2, 0.25) is 0 Å². The van der Waals surface area contributed by atoms with Crippen molar-refractivity contribution in [1.82, 2.24) is 20.3 Å². The molecule has 3 rings (SSSR count). The number of aromatic nitrogens is 3. The van der Waals surface area contributed by atoms with E-state index in [1.165, 1.54) is 16.0 Å². The van der Waals surface area contributed by atoms with Gasteiger partial charge in [-0.25, -0.2) is 4.68 Å². The summed E-state index contributed by atoms with van der Waals surface area (Å²) in [4.78, 5) is 13.3. The average molecular weight is 367 g/mol. The Kier molecular flexibility index (Phi) is 4.66. The highest BCUT2D eigenvalue weighted by atomic mass is 35.5. The molecule has 0 saturated carbocycles. The Morgan fingerprint density at radius 1 is 1.26 bits per heavy atom. The smallest absolute Gasteiger partial charge is 0.273 e. The zero-order valence-corrected chi connectivity index (χ0v) is 14.4. The van der Waals surface area contributed by atoms with Crippen LogP contribution in [0.25, 0.3) is 5.69 Å². The van der Waals surface area contributed by atoms with E-state index < -0.39 is 0 Å². The van der Waals surface area contributed by atoms with Crippen LogP contribution in [0, 0.1) is 0 Å². The molecule has 0 fully saturated rings. The Hall–Kier alpha value is -1.89. The highest BCUT2D eigenvalue weighted by Crippen LogP contribution is 2.26. The summed E-state index contributed by atoms with van der Waals surface area (Å²) in [5.74, 6) is -0.305. The van der Waals surface area contributed by atoms with Crippen molar-refractivity contribution in [3.05, 3.63) is 62.5 Å². The Morgan fingerprint density at radius 2 is 2.04 bits per heavy atom. The standard InChI is InChI=1S/C15H12Cl2N4OS/c1-9(13-6-7-14(17)23-13)18-15(22)11-8-21(20-19-11)12-5-3-2-4-10(12)16/h2-9H,1H3,(H,18,22). The minimum Gasteiger partial charge on any atom is -0.343 e. The number of rotatable bonds is 4. The molecule has 23 heavy (non-hydrogen) atoms. The number of amides is 1. The molecule has 1 unspecified atom stereocenters. The molecule has 0 bridgehead atoms. The first-order valence-corrected chi connectivity index (χ1v) is 8.35. The molecule has 1 atom stereocenters. The summed E-state index contributed by atoms with van der Waals surface area (Å²) in [6.07, 6.45) is 1.55. The van der Waals surface area contributed by atoms with Crippen LogP contribution in [0.2, 0.25) is 9.36 Å². The number of hydrogen-bond donors (Lipinski definition) is 1. The molecule has 1 amide bonds. The summed E-state index contributed by atoms with van der Waals surface area (Å²) in [6.45, 7) is 1.89. The third-order valence-corrected chi connectivity index (χ3v) is 4.93. The van der Waals surface area contributed by atoms with E-state index in [1.807, 2.05) is 25.1 Å². The summed E-state index contributed by atoms with van der Waals surface area (Å²) in [5.41, 5.74) is 0.887. The highest BCUT2D eigenvalue weighted by Gasteiger charge is 2.16. The first-order chi connectivity index (χ1) is 11.0. The minimum atomic E-state index is -0.305. The van der Waals surface area contributed by atoms with Gasteiger partial charge in [0.1, 0.15) is 0 Å². The van der Waals surface area contributed by atoms with Crippen molar-refractivity contribution in [2.45, 2.75) is 13.0 Å². The fourth-order valence-electron chi connectivity index (χ4n) is 2.03. The lowest BCUT2D eigenvalue weighted by Crippen LogP contribution is -2.26. The van der Waals surface area contributed by atoms with Gasteiger partial charge in [0, 0.05) is 4.88 Å². The topological polar surface area (TPSA) is 59.8 Å². The van der Waals surface area contributed by atoms with Crippen LogP contribution in [0.1, 0.15) is 28.3 Å². The van der Waals surface area contributed by atoms with Crippen molar-refractivity contribution < 1.29 is 4.79 Å². The Labute approximate surface area is 146 Å². The second-order valence-electron chi connectivity index (χ2n) is 4.84. The monoisotopic (exact) mass is 366 g/mol. The Balaban J connectivity index is 1.75. The number of nitrogens with one attached hydrogen (secondary N) is 1. The zero-order chi connectivity index (χ0) is 16.4. The summed E-state index contributed by atoms with van der Waals surface area (Å²) in [7, 11) is 0. The van der Waals surface area contributed by atoms with E-state index in [2.05, 4.69) is 15.6 Å². The van der Waals surface area contributed by atoms with Gasteiger partial charge in [-0.1, -0.05) is 40.5 Å². The van der Waals surface area contributed by atoms with Crippen molar-refractivity contribution in [1.29, 1.82) is 0 Å². The quantitative estimate of drug-likeness (QED) is 0.754. The van der Waals surface area contributed by atoms with Crippen LogP contribution in [0.15, 0.2) is 42.6 Å². The van der Waals surface area contributed by atoms with Crippen LogP contribution < -0.4 is 5.32 Å². The second-order valence-corrected chi connectivity index (χ2v) is 6.99. The number of thiophene rings is 1. The van der Waals surface area contributed by atoms with Gasteiger partial charge in [-0.3, -0.25) is 4.79 Å². The third-order valence-electron chi connectivity index (χ3n) is 3.19. The first-order valence-electron chi connectivity index (χ1n) is 6.78. The van der Waals surface area contributed by atoms with Crippen LogP contribution in [0.4, 0.5) is 0 Å². The summed E-state index contributed by atoms with van der Waals surface area (Å²) in [5, 5.41) is 11.3. The van der Waals surface area contributed by atoms with E-state index in [-0.39, 0.29) is 17.6 Å². The van der Waals surface area contributed by atoms with Gasteiger partial charge < -0.3 is 5.32 Å². The molecular weight excluding hydrogens is 355 g/mol. The van der Waals surface area contributed by atoms with Crippen molar-refractivity contribution in [2.75, 3.05) is 0 Å². The lowest BCUT2D eigenvalue weighted by atomic mass is 10.2. The largest absolute Gasteiger partial charge is 0.343 e. The molecule has 0 aliphatic heterocycles. The fraction of sp³-hybridized carbons (Fsp3) is 0.133. The van der Waals surface area contributed by atoms with Gasteiger partial charge in [-0.05, 0) is 31.2 Å². The van der Waals surface area contributed by atoms with E-state index in [9.17, 15) is 4.79 Å². The Morgan fingerprint density at radius 3 is 2.74 bits per heavy atom. The van der Waals surface area contributed by atoms with Crippen molar-refractivity contribution in [3.63, 3.8) is 0 Å². The van der Waals surface area contributed by atoms with E-state index in [1.54, 1.807) is 24.4 Å². The molecule has 2 heterocycles. The van der Waals surface area contributed by atoms with Crippen LogP contribution in [-0.2, 0) is 0 Å². The van der Waals surface area contributed by atoms with Crippen LogP contribution >= 0.6 is 34.5 Å². The van der Waals surface area contributed by atoms with Crippen molar-refractivity contribution in [3.8, 4) is 5.69 Å². The van der Waals surface area contributed by atoms with E-state index in [4.69, 9.17) is 23.2 Å². The lowest BCUT2D eigenvalue weighted by Gasteiger charge is -2.10. The SMILES string of the molecule is CC(NC(=O)c1cn(-c2ccccc2Cl)nn1)c1ccc(Cl)s1. The Bertz CT molecular complexity index is 845. The summed E-state index contributed by atoms with van der Waals surface area (Å²) < 4.78 is 2.16. The molecule has 0 saturated heterocycles. The molecule has 0 spiro atoms. The minimum absolute atomic E-state index is 0.162. The number of para-hydroxylation sites is 1. The molecule has 0 radical (unpaired) electrons. The number of carbonyl (C=O) groups is 1. The van der Waals surface area contributed by atoms with Gasteiger partial charge in [0.05, 0.1) is 27.3 Å². The molecular formula is C15H12Cl2N4OS. The van der Waals surface area contributed by atoms with Crippen LogP contribution in [-0.4, -0.2) is 20.9 Å². The maximum Gasteiger partial charge on any atom is 0.273 e. The molecule has 2 aromatic heterocycles. The van der Waals surface area contributed by atoms with Gasteiger partial charge in [-0.15, -0.1) is 16.4 Å². The van der Waals surface area contributed by atoms with Crippen molar-refractivity contribution in [2.24, 2.45) is 0 Å². The maximum absolute atomic E-state index is 12.3. The van der Waals surface area contributed by atoms with E-state index in [0.717, 1.165) is 4.88 Å². The third kappa shape index (κ3) is 3.55. The van der Waals surface area contributed by atoms with Crippen molar-refractivity contribution >= 4 is 40.4 Å². The number of nitrogens with zero attached hydrogens (tertiary/aromatic N) is 3. The zero-order valence-electron chi connectivity index (χ0n) is 12.0. The van der Waals surface area contributed by atoms with E-state index in [0.29, 0.717) is 15.0 Å². The average Bonchev–Trinajstić information content (AvgIpc) is 3.16. The van der Waals surface area contributed by atoms with Crippen LogP contribution in [0.5, 0.6) is 0 Å². The summed E-state index contributed by atoms with van der Waals surface area (Å²) >= 11 is 13.5. The number of halogens is 2. The predicted molar refractivity (Wildman–Crippen MR) is 91.6 cm³/mol. The first kappa shape index (κ1) is 16.0. The molecule has 1 N–H and O–H groups in total. The molecule has 3 aromatic rings. The summed E-state index contributed by atoms with van der Waals surface area (Å²) in [6, 6.07) is 10.7. The van der Waals surface area contributed by atoms with Gasteiger partial charge in [0.25, 0.3) is 5.91 Å². The second kappa shape index (κ2) is 6.70. The number of carbonyl (C=O) groups excluding carboxylic acids is 1. The molecule has 8 heteroatoms. The maximum atomic E-state index is 12.3. The normalized spacial score (nSPS) is 12.1. The fourth-order valence-corrected chi connectivity index (χ4v) is 3.31. The predicted octanol–water partition coefficient (Wildman–Crippen LogP) is 4.13. The van der Waals surface area contributed by atoms with Crippen LogP contribution in [0.3, 0.4) is 0 Å². The molecule has 118 valence electrons. The van der Waals surface area contributed by atoms with Gasteiger partial charge in [-0.2, -0.15) is 0 Å².